The number of anilines is 1. The molecule has 1 aromatic heterocycles. The number of aromatic nitrogens is 1. The Morgan fingerprint density at radius 3 is 2.92 bits per heavy atom. The maximum Gasteiger partial charge on any atom is 0.160 e. The predicted molar refractivity (Wildman–Crippen MR) is 46.9 cm³/mol. The van der Waals surface area contributed by atoms with Crippen LogP contribution in [0.25, 0.3) is 0 Å². The van der Waals surface area contributed by atoms with Gasteiger partial charge in [-0.2, -0.15) is 0 Å². The number of nitrogen functional groups attached to an aromatic ring is 1. The molecule has 1 fully saturated rings. The average Bonchev–Trinajstić information content (AvgIpc) is 2.00. The number of nitrogens with zero attached hydrogens (tertiary/aromatic N) is 1. The van der Waals surface area contributed by atoms with E-state index in [0.29, 0.717) is 11.8 Å². The van der Waals surface area contributed by atoms with Gasteiger partial charge in [0.1, 0.15) is 0 Å². The van der Waals surface area contributed by atoms with E-state index in [9.17, 15) is 0 Å². The van der Waals surface area contributed by atoms with E-state index < -0.39 is 0 Å². The van der Waals surface area contributed by atoms with E-state index in [4.69, 9.17) is 10.5 Å². The summed E-state index contributed by atoms with van der Waals surface area (Å²) in [6.07, 6.45) is 7.28. The van der Waals surface area contributed by atoms with Crippen molar-refractivity contribution in [2.45, 2.75) is 25.4 Å². The smallest absolute Gasteiger partial charge is 0.160 e. The summed E-state index contributed by atoms with van der Waals surface area (Å²) in [5.74, 6) is 0.724. The minimum absolute atomic E-state index is 0.372. The molecule has 2 N–H and O–H groups in total. The van der Waals surface area contributed by atoms with E-state index in [-0.39, 0.29) is 0 Å². The van der Waals surface area contributed by atoms with Gasteiger partial charge in [0.25, 0.3) is 0 Å². The second-order valence-corrected chi connectivity index (χ2v) is 3.08. The minimum atomic E-state index is 0.372. The number of hydrogen-bond donors (Lipinski definition) is 1. The standard InChI is InChI=1S/C9H12N2O/c10-8-4-5-11-6-9(8)12-7-2-1-3-7/h4-7H,1-3H2,(H2,10,11). The predicted octanol–water partition coefficient (Wildman–Crippen LogP) is 1.60. The third kappa shape index (κ3) is 1.35. The van der Waals surface area contributed by atoms with Gasteiger partial charge in [-0.25, -0.2) is 0 Å². The first-order valence-corrected chi connectivity index (χ1v) is 4.22. The summed E-state index contributed by atoms with van der Waals surface area (Å²) in [6, 6.07) is 1.76. The van der Waals surface area contributed by atoms with Crippen LogP contribution in [0, 0.1) is 0 Å². The highest BCUT2D eigenvalue weighted by Crippen LogP contribution is 2.27. The molecule has 0 bridgehead atoms. The zero-order valence-corrected chi connectivity index (χ0v) is 6.86. The molecule has 2 rings (SSSR count). The first-order chi connectivity index (χ1) is 5.86. The molecule has 0 spiro atoms. The largest absolute Gasteiger partial charge is 0.487 e. The molecule has 0 aromatic carbocycles. The normalized spacial score (nSPS) is 17.0. The fourth-order valence-corrected chi connectivity index (χ4v) is 1.16. The second kappa shape index (κ2) is 3.01. The molecule has 1 saturated carbocycles. The molecule has 0 radical (unpaired) electrons. The summed E-state index contributed by atoms with van der Waals surface area (Å²) in [7, 11) is 0. The minimum Gasteiger partial charge on any atom is -0.487 e. The summed E-state index contributed by atoms with van der Waals surface area (Å²) in [6.45, 7) is 0. The molecule has 0 saturated heterocycles. The molecule has 1 aliphatic carbocycles. The van der Waals surface area contributed by atoms with Gasteiger partial charge >= 0.3 is 0 Å². The summed E-state index contributed by atoms with van der Waals surface area (Å²) in [5.41, 5.74) is 6.36. The van der Waals surface area contributed by atoms with Crippen LogP contribution < -0.4 is 10.5 Å². The van der Waals surface area contributed by atoms with Gasteiger partial charge in [-0.3, -0.25) is 4.98 Å². The van der Waals surface area contributed by atoms with E-state index >= 15 is 0 Å². The molecule has 64 valence electrons. The Bertz CT molecular complexity index is 271. The Morgan fingerprint density at radius 1 is 1.50 bits per heavy atom. The number of hydrogen-bond acceptors (Lipinski definition) is 3. The molecule has 1 aliphatic rings. The van der Waals surface area contributed by atoms with Crippen LogP contribution in [0.1, 0.15) is 19.3 Å². The first-order valence-electron chi connectivity index (χ1n) is 4.22. The Hall–Kier alpha value is -1.25. The topological polar surface area (TPSA) is 48.1 Å². The number of rotatable bonds is 2. The van der Waals surface area contributed by atoms with Crippen molar-refractivity contribution < 1.29 is 4.74 Å². The third-order valence-corrected chi connectivity index (χ3v) is 2.16. The number of nitrogens with two attached hydrogens (primary N) is 1. The zero-order valence-electron chi connectivity index (χ0n) is 6.86. The molecule has 3 nitrogen and oxygen atoms in total. The molecule has 1 aromatic rings. The van der Waals surface area contributed by atoms with Gasteiger partial charge < -0.3 is 10.5 Å². The molecule has 0 atom stereocenters. The maximum atomic E-state index is 5.68. The lowest BCUT2D eigenvalue weighted by molar-refractivity contribution is 0.121. The van der Waals surface area contributed by atoms with Crippen molar-refractivity contribution in [3.05, 3.63) is 18.5 Å². The van der Waals surface area contributed by atoms with Crippen molar-refractivity contribution in [3.63, 3.8) is 0 Å². The van der Waals surface area contributed by atoms with Gasteiger partial charge in [0.15, 0.2) is 5.75 Å². The Balaban J connectivity index is 2.06. The van der Waals surface area contributed by atoms with Gasteiger partial charge in [0, 0.05) is 6.20 Å². The Kier molecular flexibility index (Phi) is 1.86. The lowest BCUT2D eigenvalue weighted by Gasteiger charge is -2.26. The molecule has 3 heteroatoms. The third-order valence-electron chi connectivity index (χ3n) is 2.16. The van der Waals surface area contributed by atoms with Crippen LogP contribution in [0.4, 0.5) is 5.69 Å². The lowest BCUT2D eigenvalue weighted by atomic mass is 9.96. The number of ether oxygens (including phenoxy) is 1. The van der Waals surface area contributed by atoms with Crippen molar-refractivity contribution in [3.8, 4) is 5.75 Å². The van der Waals surface area contributed by atoms with Crippen LogP contribution in [0.5, 0.6) is 5.75 Å². The van der Waals surface area contributed by atoms with Crippen molar-refractivity contribution in [1.82, 2.24) is 4.98 Å². The number of pyridine rings is 1. The Labute approximate surface area is 71.6 Å². The SMILES string of the molecule is Nc1ccncc1OC1CCC1. The Morgan fingerprint density at radius 2 is 2.33 bits per heavy atom. The monoisotopic (exact) mass is 164 g/mol. The fourth-order valence-electron chi connectivity index (χ4n) is 1.16. The van der Waals surface area contributed by atoms with Crippen LogP contribution in [-0.4, -0.2) is 11.1 Å². The molecule has 0 aliphatic heterocycles. The van der Waals surface area contributed by atoms with Gasteiger partial charge in [0.2, 0.25) is 0 Å². The molecular formula is C9H12N2O. The molecular weight excluding hydrogens is 152 g/mol. The highest BCUT2D eigenvalue weighted by Gasteiger charge is 2.19. The van der Waals surface area contributed by atoms with Gasteiger partial charge in [-0.05, 0) is 25.3 Å². The van der Waals surface area contributed by atoms with Crippen LogP contribution in [0.3, 0.4) is 0 Å². The zero-order chi connectivity index (χ0) is 8.39. The van der Waals surface area contributed by atoms with Crippen LogP contribution >= 0.6 is 0 Å². The molecule has 12 heavy (non-hydrogen) atoms. The van der Waals surface area contributed by atoms with E-state index in [0.717, 1.165) is 18.6 Å². The van der Waals surface area contributed by atoms with E-state index in [1.165, 1.54) is 6.42 Å². The van der Waals surface area contributed by atoms with Crippen molar-refractivity contribution >= 4 is 5.69 Å². The summed E-state index contributed by atoms with van der Waals surface area (Å²) < 4.78 is 5.59. The van der Waals surface area contributed by atoms with Crippen LogP contribution in [0.15, 0.2) is 18.5 Å². The van der Waals surface area contributed by atoms with Crippen LogP contribution in [-0.2, 0) is 0 Å². The second-order valence-electron chi connectivity index (χ2n) is 3.08. The van der Waals surface area contributed by atoms with Gasteiger partial charge in [-0.15, -0.1) is 0 Å². The van der Waals surface area contributed by atoms with Gasteiger partial charge in [0.05, 0.1) is 18.0 Å². The van der Waals surface area contributed by atoms with Crippen molar-refractivity contribution in [1.29, 1.82) is 0 Å². The lowest BCUT2D eigenvalue weighted by Crippen LogP contribution is -2.24. The summed E-state index contributed by atoms with van der Waals surface area (Å²) in [5, 5.41) is 0. The van der Waals surface area contributed by atoms with E-state index in [1.807, 2.05) is 0 Å². The molecule has 0 amide bonds. The van der Waals surface area contributed by atoms with E-state index in [2.05, 4.69) is 4.98 Å². The molecule has 0 unspecified atom stereocenters. The van der Waals surface area contributed by atoms with Crippen molar-refractivity contribution in [2.24, 2.45) is 0 Å². The average molecular weight is 164 g/mol. The van der Waals surface area contributed by atoms with Crippen molar-refractivity contribution in [2.75, 3.05) is 5.73 Å². The van der Waals surface area contributed by atoms with Crippen LogP contribution in [0.2, 0.25) is 0 Å². The highest BCUT2D eigenvalue weighted by molar-refractivity contribution is 5.49. The quantitative estimate of drug-likeness (QED) is 0.722. The van der Waals surface area contributed by atoms with E-state index in [1.54, 1.807) is 18.5 Å². The van der Waals surface area contributed by atoms with Gasteiger partial charge in [-0.1, -0.05) is 0 Å². The summed E-state index contributed by atoms with van der Waals surface area (Å²) >= 11 is 0. The first kappa shape index (κ1) is 7.40. The highest BCUT2D eigenvalue weighted by atomic mass is 16.5. The molecule has 1 heterocycles. The summed E-state index contributed by atoms with van der Waals surface area (Å²) in [4.78, 5) is 3.95. The fraction of sp³-hybridized carbons (Fsp3) is 0.444. The maximum absolute atomic E-state index is 5.68.